The fourth-order valence-electron chi connectivity index (χ4n) is 1.32. The minimum Gasteiger partial charge on any atom is -0.475 e. The van der Waals surface area contributed by atoms with Crippen LogP contribution in [0.4, 0.5) is 0 Å². The Kier molecular flexibility index (Phi) is 2.59. The summed E-state index contributed by atoms with van der Waals surface area (Å²) in [6.45, 7) is 4.21. The summed E-state index contributed by atoms with van der Waals surface area (Å²) in [5.41, 5.74) is 0.606. The van der Waals surface area contributed by atoms with Crippen LogP contribution in [0.25, 0.3) is 11.5 Å². The zero-order valence-electron chi connectivity index (χ0n) is 8.46. The molecule has 5 nitrogen and oxygen atoms in total. The summed E-state index contributed by atoms with van der Waals surface area (Å²) in [5, 5.41) is 12.9. The molecule has 2 rings (SSSR count). The van der Waals surface area contributed by atoms with Gasteiger partial charge in [0, 0.05) is 6.20 Å². The number of hydrogen-bond donors (Lipinski definition) is 1. The summed E-state index contributed by atoms with van der Waals surface area (Å²) in [5.74, 6) is -0.731. The van der Waals surface area contributed by atoms with Crippen LogP contribution < -0.4 is 0 Å². The fraction of sp³-hybridized carbons (Fsp3) is 0.0909. The van der Waals surface area contributed by atoms with Crippen molar-refractivity contribution in [2.24, 2.45) is 0 Å². The van der Waals surface area contributed by atoms with Crippen LogP contribution in [0.5, 0.6) is 0 Å². The van der Waals surface area contributed by atoms with E-state index in [0.29, 0.717) is 18.0 Å². The van der Waals surface area contributed by atoms with Crippen LogP contribution >= 0.6 is 0 Å². The first-order chi connectivity index (χ1) is 7.70. The summed E-state index contributed by atoms with van der Waals surface area (Å²) in [7, 11) is 0. The highest BCUT2D eigenvalue weighted by Gasteiger charge is 2.11. The quantitative estimate of drug-likeness (QED) is 0.797. The Bertz CT molecular complexity index is 525. The Hall–Kier alpha value is -2.30. The first-order valence-electron chi connectivity index (χ1n) is 4.68. The van der Waals surface area contributed by atoms with Gasteiger partial charge in [0.25, 0.3) is 0 Å². The second-order valence-electron chi connectivity index (χ2n) is 3.18. The van der Waals surface area contributed by atoms with Crippen LogP contribution in [0, 0.1) is 0 Å². The maximum atomic E-state index is 10.6. The number of aromatic nitrogens is 2. The summed E-state index contributed by atoms with van der Waals surface area (Å²) >= 11 is 0. The number of carboxylic acids is 1. The number of carbonyl (C=O) groups is 1. The van der Waals surface area contributed by atoms with Crippen LogP contribution in [0.1, 0.15) is 10.6 Å². The number of aromatic carboxylic acids is 1. The second kappa shape index (κ2) is 4.06. The largest absolute Gasteiger partial charge is 0.475 e. The minimum absolute atomic E-state index is 0.0896. The van der Waals surface area contributed by atoms with E-state index < -0.39 is 5.97 Å². The third-order valence-corrected chi connectivity index (χ3v) is 2.03. The molecule has 0 radical (unpaired) electrons. The topological polar surface area (TPSA) is 68.3 Å². The smallest absolute Gasteiger partial charge is 0.371 e. The zero-order valence-corrected chi connectivity index (χ0v) is 8.46. The molecule has 82 valence electrons. The molecule has 0 aliphatic heterocycles. The van der Waals surface area contributed by atoms with Gasteiger partial charge in [0.1, 0.15) is 5.69 Å². The van der Waals surface area contributed by atoms with Gasteiger partial charge in [-0.15, -0.1) is 6.58 Å². The molecule has 2 heterocycles. The molecule has 0 saturated carbocycles. The minimum atomic E-state index is -1.09. The van der Waals surface area contributed by atoms with Gasteiger partial charge in [0.15, 0.2) is 5.76 Å². The summed E-state index contributed by atoms with van der Waals surface area (Å²) in [6.07, 6.45) is 3.50. The van der Waals surface area contributed by atoms with Crippen molar-refractivity contribution in [2.45, 2.75) is 6.54 Å². The first kappa shape index (κ1) is 10.2. The van der Waals surface area contributed by atoms with Gasteiger partial charge in [-0.05, 0) is 18.2 Å². The van der Waals surface area contributed by atoms with Gasteiger partial charge in [-0.1, -0.05) is 6.08 Å². The summed E-state index contributed by atoms with van der Waals surface area (Å²) in [4.78, 5) is 10.6. The Labute approximate surface area is 91.6 Å². The molecule has 2 aromatic rings. The third kappa shape index (κ3) is 1.88. The molecule has 0 aromatic carbocycles. The lowest BCUT2D eigenvalue weighted by Gasteiger charge is -1.93. The Morgan fingerprint density at radius 3 is 3.00 bits per heavy atom. The molecular formula is C11H10N2O3. The van der Waals surface area contributed by atoms with Crippen molar-refractivity contribution < 1.29 is 14.3 Å². The summed E-state index contributed by atoms with van der Waals surface area (Å²) in [6, 6.07) is 4.75. The van der Waals surface area contributed by atoms with Gasteiger partial charge in [0.2, 0.25) is 5.76 Å². The molecule has 0 bridgehead atoms. The Morgan fingerprint density at radius 1 is 1.56 bits per heavy atom. The molecule has 0 spiro atoms. The lowest BCUT2D eigenvalue weighted by Crippen LogP contribution is -1.95. The zero-order chi connectivity index (χ0) is 11.5. The average molecular weight is 218 g/mol. The van der Waals surface area contributed by atoms with Crippen molar-refractivity contribution in [3.8, 4) is 11.5 Å². The van der Waals surface area contributed by atoms with E-state index in [4.69, 9.17) is 9.52 Å². The molecule has 0 unspecified atom stereocenters. The number of rotatable bonds is 4. The second-order valence-corrected chi connectivity index (χ2v) is 3.18. The van der Waals surface area contributed by atoms with E-state index in [9.17, 15) is 4.79 Å². The van der Waals surface area contributed by atoms with Gasteiger partial charge < -0.3 is 9.52 Å². The van der Waals surface area contributed by atoms with Crippen molar-refractivity contribution in [1.29, 1.82) is 0 Å². The van der Waals surface area contributed by atoms with Crippen LogP contribution in [-0.4, -0.2) is 20.9 Å². The highest BCUT2D eigenvalue weighted by molar-refractivity contribution is 5.85. The lowest BCUT2D eigenvalue weighted by molar-refractivity contribution is 0.0663. The number of hydrogen-bond acceptors (Lipinski definition) is 3. The number of carboxylic acid groups (broad SMARTS) is 1. The molecule has 0 amide bonds. The lowest BCUT2D eigenvalue weighted by atomic mass is 10.3. The number of furan rings is 1. The molecule has 5 heteroatoms. The maximum absolute atomic E-state index is 10.6. The van der Waals surface area contributed by atoms with E-state index in [1.165, 1.54) is 6.07 Å². The molecule has 0 atom stereocenters. The monoisotopic (exact) mass is 218 g/mol. The van der Waals surface area contributed by atoms with E-state index >= 15 is 0 Å². The van der Waals surface area contributed by atoms with E-state index in [-0.39, 0.29) is 5.76 Å². The van der Waals surface area contributed by atoms with Crippen molar-refractivity contribution in [3.63, 3.8) is 0 Å². The predicted octanol–water partition coefficient (Wildman–Crippen LogP) is 2.03. The SMILES string of the molecule is C=CCn1ccc(-c2ccc(C(=O)O)o2)n1. The average Bonchev–Trinajstić information content (AvgIpc) is 2.84. The Morgan fingerprint density at radius 2 is 2.38 bits per heavy atom. The third-order valence-electron chi connectivity index (χ3n) is 2.03. The van der Waals surface area contributed by atoms with Crippen LogP contribution in [0.2, 0.25) is 0 Å². The standard InChI is InChI=1S/C11H10N2O3/c1-2-6-13-7-5-8(12-13)9-3-4-10(16-9)11(14)15/h2-5,7H,1,6H2,(H,14,15). The molecule has 0 aliphatic carbocycles. The summed E-state index contributed by atoms with van der Waals surface area (Å²) < 4.78 is 6.81. The molecule has 0 aliphatic rings. The first-order valence-corrected chi connectivity index (χ1v) is 4.68. The molecular weight excluding hydrogens is 208 g/mol. The van der Waals surface area contributed by atoms with Crippen LogP contribution in [0.15, 0.2) is 41.5 Å². The normalized spacial score (nSPS) is 10.2. The van der Waals surface area contributed by atoms with Gasteiger partial charge >= 0.3 is 5.97 Å². The van der Waals surface area contributed by atoms with E-state index in [1.807, 2.05) is 0 Å². The fourth-order valence-corrected chi connectivity index (χ4v) is 1.32. The number of nitrogens with zero attached hydrogens (tertiary/aromatic N) is 2. The van der Waals surface area contributed by atoms with Gasteiger partial charge in [-0.2, -0.15) is 5.10 Å². The van der Waals surface area contributed by atoms with Crippen molar-refractivity contribution in [2.75, 3.05) is 0 Å². The molecule has 1 N–H and O–H groups in total. The highest BCUT2D eigenvalue weighted by Crippen LogP contribution is 2.20. The van der Waals surface area contributed by atoms with Gasteiger partial charge in [-0.3, -0.25) is 4.68 Å². The predicted molar refractivity (Wildman–Crippen MR) is 57.1 cm³/mol. The molecule has 0 fully saturated rings. The maximum Gasteiger partial charge on any atom is 0.371 e. The molecule has 0 saturated heterocycles. The van der Waals surface area contributed by atoms with Crippen LogP contribution in [-0.2, 0) is 6.54 Å². The van der Waals surface area contributed by atoms with E-state index in [2.05, 4.69) is 11.7 Å². The molecule has 2 aromatic heterocycles. The number of allylic oxidation sites excluding steroid dienone is 1. The van der Waals surface area contributed by atoms with E-state index in [1.54, 1.807) is 29.1 Å². The van der Waals surface area contributed by atoms with Crippen molar-refractivity contribution >= 4 is 5.97 Å². The molecule has 16 heavy (non-hydrogen) atoms. The van der Waals surface area contributed by atoms with Crippen molar-refractivity contribution in [1.82, 2.24) is 9.78 Å². The van der Waals surface area contributed by atoms with Gasteiger partial charge in [0.05, 0.1) is 6.54 Å². The van der Waals surface area contributed by atoms with Gasteiger partial charge in [-0.25, -0.2) is 4.79 Å². The van der Waals surface area contributed by atoms with Crippen molar-refractivity contribution in [3.05, 3.63) is 42.8 Å². The van der Waals surface area contributed by atoms with Crippen LogP contribution in [0.3, 0.4) is 0 Å². The van der Waals surface area contributed by atoms with E-state index in [0.717, 1.165) is 0 Å². The Balaban J connectivity index is 2.27. The highest BCUT2D eigenvalue weighted by atomic mass is 16.4.